The fourth-order valence-electron chi connectivity index (χ4n) is 2.69. The van der Waals surface area contributed by atoms with Gasteiger partial charge >= 0.3 is 6.09 Å². The van der Waals surface area contributed by atoms with Crippen molar-refractivity contribution in [3.8, 4) is 0 Å². The van der Waals surface area contributed by atoms with Crippen LogP contribution >= 0.6 is 0 Å². The molecule has 1 aliphatic rings. The molecular weight excluding hydrogens is 292 g/mol. The van der Waals surface area contributed by atoms with Crippen LogP contribution in [-0.4, -0.2) is 31.2 Å². The second kappa shape index (κ2) is 7.49. The molecular formula is C18H26N2O3. The minimum absolute atomic E-state index is 0.121. The number of carbonyl (C=O) groups is 2. The Balaban J connectivity index is 2.05. The summed E-state index contributed by atoms with van der Waals surface area (Å²) >= 11 is 0. The van der Waals surface area contributed by atoms with Crippen LogP contribution in [0.1, 0.15) is 38.3 Å². The number of hydrogen-bond acceptors (Lipinski definition) is 3. The van der Waals surface area contributed by atoms with Crippen LogP contribution in [0.3, 0.4) is 0 Å². The maximum Gasteiger partial charge on any atom is 0.414 e. The van der Waals surface area contributed by atoms with Crippen LogP contribution in [0.4, 0.5) is 10.5 Å². The fourth-order valence-corrected chi connectivity index (χ4v) is 2.69. The number of benzene rings is 1. The Morgan fingerprint density at radius 1 is 1.48 bits per heavy atom. The summed E-state index contributed by atoms with van der Waals surface area (Å²) in [5, 5.41) is 2.69. The zero-order chi connectivity index (χ0) is 17.0. The average Bonchev–Trinajstić information content (AvgIpc) is 2.88. The van der Waals surface area contributed by atoms with Crippen molar-refractivity contribution in [3.63, 3.8) is 0 Å². The number of ether oxygens (including phenoxy) is 1. The summed E-state index contributed by atoms with van der Waals surface area (Å²) in [5.41, 5.74) is 3.37. The smallest absolute Gasteiger partial charge is 0.414 e. The van der Waals surface area contributed by atoms with Crippen LogP contribution in [0.5, 0.6) is 0 Å². The van der Waals surface area contributed by atoms with Gasteiger partial charge in [0.05, 0.1) is 13.1 Å². The molecule has 0 aromatic heterocycles. The zero-order valence-corrected chi connectivity index (χ0v) is 14.4. The molecule has 2 amide bonds. The van der Waals surface area contributed by atoms with Gasteiger partial charge in [-0.2, -0.15) is 0 Å². The maximum absolute atomic E-state index is 12.0. The van der Waals surface area contributed by atoms with Crippen molar-refractivity contribution in [3.05, 3.63) is 29.3 Å². The lowest BCUT2D eigenvalue weighted by atomic mass is 9.95. The topological polar surface area (TPSA) is 58.6 Å². The number of carbonyl (C=O) groups excluding carboxylic acids is 2. The van der Waals surface area contributed by atoms with Crippen LogP contribution in [-0.2, 0) is 16.0 Å². The number of nitrogens with zero attached hydrogens (tertiary/aromatic N) is 1. The van der Waals surface area contributed by atoms with Gasteiger partial charge in [0.15, 0.2) is 0 Å². The molecule has 1 heterocycles. The molecule has 23 heavy (non-hydrogen) atoms. The molecule has 1 fully saturated rings. The van der Waals surface area contributed by atoms with Crippen LogP contribution in [0.2, 0.25) is 0 Å². The van der Waals surface area contributed by atoms with Gasteiger partial charge in [-0.05, 0) is 42.5 Å². The number of nitrogens with one attached hydrogen (secondary N) is 1. The molecule has 126 valence electrons. The lowest BCUT2D eigenvalue weighted by Crippen LogP contribution is -2.33. The first-order valence-corrected chi connectivity index (χ1v) is 8.22. The van der Waals surface area contributed by atoms with E-state index in [0.29, 0.717) is 19.0 Å². The first-order valence-electron chi connectivity index (χ1n) is 8.22. The molecule has 1 N–H and O–H groups in total. The van der Waals surface area contributed by atoms with Crippen molar-refractivity contribution in [2.75, 3.05) is 18.0 Å². The molecule has 1 unspecified atom stereocenters. The van der Waals surface area contributed by atoms with Gasteiger partial charge in [0.1, 0.15) is 6.10 Å². The van der Waals surface area contributed by atoms with Crippen LogP contribution < -0.4 is 10.2 Å². The van der Waals surface area contributed by atoms with Gasteiger partial charge in [0.25, 0.3) is 0 Å². The number of amides is 2. The summed E-state index contributed by atoms with van der Waals surface area (Å²) in [7, 11) is 0. The maximum atomic E-state index is 12.0. The molecule has 0 radical (unpaired) electrons. The van der Waals surface area contributed by atoms with Crippen molar-refractivity contribution in [1.82, 2.24) is 5.32 Å². The largest absolute Gasteiger partial charge is 0.442 e. The predicted molar refractivity (Wildman–Crippen MR) is 90.6 cm³/mol. The Kier molecular flexibility index (Phi) is 5.64. The van der Waals surface area contributed by atoms with E-state index in [1.165, 1.54) is 18.1 Å². The van der Waals surface area contributed by atoms with E-state index < -0.39 is 0 Å². The first kappa shape index (κ1) is 17.3. The molecule has 1 aliphatic heterocycles. The third-order valence-corrected chi connectivity index (χ3v) is 4.36. The van der Waals surface area contributed by atoms with E-state index in [1.807, 2.05) is 12.1 Å². The SMILES string of the molecule is CCC(C)Cc1ccc(N2C[C@H](CNC(C)=O)OC2=O)cc1C. The third-order valence-electron chi connectivity index (χ3n) is 4.36. The Bertz CT molecular complexity index is 586. The molecule has 1 aromatic rings. The van der Waals surface area contributed by atoms with E-state index >= 15 is 0 Å². The number of rotatable bonds is 6. The lowest BCUT2D eigenvalue weighted by Gasteiger charge is -2.17. The highest BCUT2D eigenvalue weighted by atomic mass is 16.6. The van der Waals surface area contributed by atoms with Crippen molar-refractivity contribution in [2.45, 2.75) is 46.6 Å². The van der Waals surface area contributed by atoms with Crippen molar-refractivity contribution < 1.29 is 14.3 Å². The van der Waals surface area contributed by atoms with Gasteiger partial charge in [0, 0.05) is 12.6 Å². The van der Waals surface area contributed by atoms with Gasteiger partial charge in [-0.15, -0.1) is 0 Å². The van der Waals surface area contributed by atoms with E-state index in [1.54, 1.807) is 4.90 Å². The monoisotopic (exact) mass is 318 g/mol. The summed E-state index contributed by atoms with van der Waals surface area (Å²) < 4.78 is 5.30. The second-order valence-electron chi connectivity index (χ2n) is 6.38. The predicted octanol–water partition coefficient (Wildman–Crippen LogP) is 3.04. The average molecular weight is 318 g/mol. The summed E-state index contributed by atoms with van der Waals surface area (Å²) in [6.45, 7) is 8.79. The van der Waals surface area contributed by atoms with Gasteiger partial charge in [-0.25, -0.2) is 4.79 Å². The highest BCUT2D eigenvalue weighted by Crippen LogP contribution is 2.25. The Hall–Kier alpha value is -2.04. The van der Waals surface area contributed by atoms with Gasteiger partial charge in [-0.3, -0.25) is 9.69 Å². The molecule has 0 aliphatic carbocycles. The normalized spacial score (nSPS) is 18.7. The number of anilines is 1. The minimum Gasteiger partial charge on any atom is -0.442 e. The van der Waals surface area contributed by atoms with Crippen LogP contribution in [0.25, 0.3) is 0 Å². The number of hydrogen-bond donors (Lipinski definition) is 1. The van der Waals surface area contributed by atoms with Crippen molar-refractivity contribution in [2.24, 2.45) is 5.92 Å². The molecule has 1 aromatic carbocycles. The van der Waals surface area contributed by atoms with Crippen molar-refractivity contribution in [1.29, 1.82) is 0 Å². The Labute approximate surface area is 138 Å². The summed E-state index contributed by atoms with van der Waals surface area (Å²) in [4.78, 5) is 24.6. The summed E-state index contributed by atoms with van der Waals surface area (Å²) in [6, 6.07) is 6.12. The fraction of sp³-hybridized carbons (Fsp3) is 0.556. The summed E-state index contributed by atoms with van der Waals surface area (Å²) in [6.07, 6.45) is 1.56. The standard InChI is InChI=1S/C18H26N2O3/c1-5-12(2)8-15-6-7-16(9-13(15)3)20-11-17(23-18(20)22)10-19-14(4)21/h6-7,9,12,17H,5,8,10-11H2,1-4H3,(H,19,21)/t12?,17-/m0/s1. The number of aryl methyl sites for hydroxylation is 1. The van der Waals surface area contributed by atoms with E-state index in [0.717, 1.165) is 18.5 Å². The number of cyclic esters (lactones) is 1. The molecule has 0 spiro atoms. The molecule has 2 rings (SSSR count). The van der Waals surface area contributed by atoms with E-state index in [-0.39, 0.29) is 18.1 Å². The molecule has 5 heteroatoms. The zero-order valence-electron chi connectivity index (χ0n) is 14.4. The highest BCUT2D eigenvalue weighted by molar-refractivity contribution is 5.90. The van der Waals surface area contributed by atoms with Crippen LogP contribution in [0, 0.1) is 12.8 Å². The molecule has 1 saturated heterocycles. The summed E-state index contributed by atoms with van der Waals surface area (Å²) in [5.74, 6) is 0.531. The molecule has 0 saturated carbocycles. The van der Waals surface area contributed by atoms with E-state index in [2.05, 4.69) is 32.2 Å². The molecule has 2 atom stereocenters. The third kappa shape index (κ3) is 4.47. The lowest BCUT2D eigenvalue weighted by molar-refractivity contribution is -0.119. The quantitative estimate of drug-likeness (QED) is 0.877. The van der Waals surface area contributed by atoms with E-state index in [9.17, 15) is 9.59 Å². The van der Waals surface area contributed by atoms with Gasteiger partial charge in [-0.1, -0.05) is 26.3 Å². The van der Waals surface area contributed by atoms with Gasteiger partial charge < -0.3 is 10.1 Å². The first-order chi connectivity index (χ1) is 10.9. The Morgan fingerprint density at radius 2 is 2.22 bits per heavy atom. The van der Waals surface area contributed by atoms with Crippen molar-refractivity contribution >= 4 is 17.7 Å². The highest BCUT2D eigenvalue weighted by Gasteiger charge is 2.32. The van der Waals surface area contributed by atoms with Gasteiger partial charge in [0.2, 0.25) is 5.91 Å². The Morgan fingerprint density at radius 3 is 2.83 bits per heavy atom. The van der Waals surface area contributed by atoms with E-state index in [4.69, 9.17) is 4.74 Å². The second-order valence-corrected chi connectivity index (χ2v) is 6.38. The van der Waals surface area contributed by atoms with Crippen LogP contribution in [0.15, 0.2) is 18.2 Å². The minimum atomic E-state index is -0.352. The molecule has 5 nitrogen and oxygen atoms in total. The molecule has 0 bridgehead atoms.